The Labute approximate surface area is 152 Å². The lowest BCUT2D eigenvalue weighted by Gasteiger charge is -2.21. The highest BCUT2D eigenvalue weighted by atomic mass is 19.1. The normalized spacial score (nSPS) is 10.0. The number of amides is 2. The molecule has 2 aromatic rings. The minimum Gasteiger partial charge on any atom is -0.356 e. The molecule has 0 heterocycles. The minimum absolute atomic E-state index is 0.153. The summed E-state index contributed by atoms with van der Waals surface area (Å²) in [6.07, 6.45) is 0.756. The molecule has 0 spiro atoms. The van der Waals surface area contributed by atoms with E-state index in [2.05, 4.69) is 5.32 Å². The van der Waals surface area contributed by atoms with Crippen molar-refractivity contribution >= 4 is 17.5 Å². The van der Waals surface area contributed by atoms with E-state index >= 15 is 0 Å². The van der Waals surface area contributed by atoms with Crippen LogP contribution in [0.15, 0.2) is 48.5 Å². The Bertz CT molecular complexity index is 813. The summed E-state index contributed by atoms with van der Waals surface area (Å²) in [5, 5.41) is 11.8. The van der Waals surface area contributed by atoms with E-state index in [0.29, 0.717) is 24.2 Å². The number of carbonyl (C=O) groups excluding carboxylic acids is 2. The Morgan fingerprint density at radius 3 is 2.58 bits per heavy atom. The molecular weight excluding hydrogens is 333 g/mol. The summed E-state index contributed by atoms with van der Waals surface area (Å²) in [5.41, 5.74) is 1.98. The maximum Gasteiger partial charge on any atom is 0.223 e. The maximum atomic E-state index is 12.8. The fourth-order valence-corrected chi connectivity index (χ4v) is 2.51. The van der Waals surface area contributed by atoms with Crippen LogP contribution >= 0.6 is 0 Å². The number of nitrogens with one attached hydrogen (secondary N) is 1. The highest BCUT2D eigenvalue weighted by Crippen LogP contribution is 2.16. The number of hydrogen-bond acceptors (Lipinski definition) is 3. The molecule has 2 amide bonds. The molecule has 0 saturated carbocycles. The van der Waals surface area contributed by atoms with Crippen molar-refractivity contribution in [1.82, 2.24) is 5.32 Å². The molecule has 0 aliphatic heterocycles. The molecule has 0 atom stereocenters. The minimum atomic E-state index is -0.289. The van der Waals surface area contributed by atoms with Gasteiger partial charge in [-0.3, -0.25) is 9.59 Å². The maximum absolute atomic E-state index is 12.8. The van der Waals surface area contributed by atoms with Crippen molar-refractivity contribution in [3.05, 3.63) is 65.5 Å². The number of benzene rings is 2. The average molecular weight is 353 g/mol. The van der Waals surface area contributed by atoms with Crippen LogP contribution in [0.3, 0.4) is 0 Å². The van der Waals surface area contributed by atoms with Crippen LogP contribution in [-0.2, 0) is 16.0 Å². The number of rotatable bonds is 7. The molecule has 0 radical (unpaired) electrons. The molecule has 0 aromatic heterocycles. The Hall–Kier alpha value is -3.20. The molecule has 2 rings (SSSR count). The van der Waals surface area contributed by atoms with Crippen molar-refractivity contribution in [3.63, 3.8) is 0 Å². The van der Waals surface area contributed by atoms with Crippen LogP contribution in [0.4, 0.5) is 10.1 Å². The first-order chi connectivity index (χ1) is 12.5. The standard InChI is InChI=1S/C20H20FN3O2/c1-15(25)24(19-4-2-3-17(13-19)14-22)12-10-20(26)23-11-9-16-5-7-18(21)8-6-16/h2-8,13H,9-12H2,1H3,(H,23,26). The summed E-state index contributed by atoms with van der Waals surface area (Å²) in [7, 11) is 0. The number of nitrogens with zero attached hydrogens (tertiary/aromatic N) is 2. The van der Waals surface area contributed by atoms with Crippen molar-refractivity contribution in [2.24, 2.45) is 0 Å². The van der Waals surface area contributed by atoms with Gasteiger partial charge >= 0.3 is 0 Å². The summed E-state index contributed by atoms with van der Waals surface area (Å²) in [6.45, 7) is 2.09. The molecule has 0 saturated heterocycles. The van der Waals surface area contributed by atoms with Crippen LogP contribution < -0.4 is 10.2 Å². The molecular formula is C20H20FN3O2. The lowest BCUT2D eigenvalue weighted by atomic mass is 10.1. The molecule has 0 bridgehead atoms. The van der Waals surface area contributed by atoms with Gasteiger partial charge in [-0.15, -0.1) is 0 Å². The third-order valence-electron chi connectivity index (χ3n) is 3.88. The van der Waals surface area contributed by atoms with E-state index < -0.39 is 0 Å². The predicted molar refractivity (Wildman–Crippen MR) is 96.9 cm³/mol. The van der Waals surface area contributed by atoms with E-state index in [4.69, 9.17) is 5.26 Å². The largest absolute Gasteiger partial charge is 0.356 e. The highest BCUT2D eigenvalue weighted by molar-refractivity contribution is 5.92. The Balaban J connectivity index is 1.84. The van der Waals surface area contributed by atoms with Gasteiger partial charge in [0.05, 0.1) is 11.6 Å². The summed E-state index contributed by atoms with van der Waals surface area (Å²) in [5.74, 6) is -0.656. The average Bonchev–Trinajstić information content (AvgIpc) is 2.63. The molecule has 0 unspecified atom stereocenters. The second-order valence-electron chi connectivity index (χ2n) is 5.81. The molecule has 0 aliphatic rings. The zero-order valence-electron chi connectivity index (χ0n) is 14.5. The van der Waals surface area contributed by atoms with Gasteiger partial charge in [0.1, 0.15) is 5.82 Å². The van der Waals surface area contributed by atoms with Gasteiger partial charge in [-0.25, -0.2) is 4.39 Å². The van der Waals surface area contributed by atoms with Crippen molar-refractivity contribution in [2.75, 3.05) is 18.0 Å². The summed E-state index contributed by atoms with van der Waals surface area (Å²) >= 11 is 0. The number of hydrogen-bond donors (Lipinski definition) is 1. The van der Waals surface area contributed by atoms with Crippen molar-refractivity contribution in [3.8, 4) is 6.07 Å². The van der Waals surface area contributed by atoms with E-state index in [1.807, 2.05) is 6.07 Å². The second kappa shape index (κ2) is 9.33. The second-order valence-corrected chi connectivity index (χ2v) is 5.81. The molecule has 26 heavy (non-hydrogen) atoms. The van der Waals surface area contributed by atoms with Gasteiger partial charge in [0.25, 0.3) is 0 Å². The SMILES string of the molecule is CC(=O)N(CCC(=O)NCCc1ccc(F)cc1)c1cccc(C#N)c1. The molecule has 2 aromatic carbocycles. The van der Waals surface area contributed by atoms with Crippen molar-refractivity contribution in [2.45, 2.75) is 19.8 Å². The van der Waals surface area contributed by atoms with Crippen LogP contribution in [0.1, 0.15) is 24.5 Å². The quantitative estimate of drug-likeness (QED) is 0.832. The first-order valence-corrected chi connectivity index (χ1v) is 8.29. The molecule has 134 valence electrons. The molecule has 0 aliphatic carbocycles. The zero-order valence-corrected chi connectivity index (χ0v) is 14.5. The molecule has 6 heteroatoms. The molecule has 1 N–H and O–H groups in total. The Kier molecular flexibility index (Phi) is 6.86. The Morgan fingerprint density at radius 1 is 1.19 bits per heavy atom. The van der Waals surface area contributed by atoms with Gasteiger partial charge in [-0.1, -0.05) is 18.2 Å². The zero-order chi connectivity index (χ0) is 18.9. The van der Waals surface area contributed by atoms with Crippen LogP contribution in [0.2, 0.25) is 0 Å². The Morgan fingerprint density at radius 2 is 1.92 bits per heavy atom. The smallest absolute Gasteiger partial charge is 0.223 e. The third-order valence-corrected chi connectivity index (χ3v) is 3.88. The van der Waals surface area contributed by atoms with Crippen molar-refractivity contribution < 1.29 is 14.0 Å². The van der Waals surface area contributed by atoms with Crippen LogP contribution in [-0.4, -0.2) is 24.9 Å². The molecule has 0 fully saturated rings. The fourth-order valence-electron chi connectivity index (χ4n) is 2.51. The number of carbonyl (C=O) groups is 2. The van der Waals surface area contributed by atoms with E-state index in [1.54, 1.807) is 36.4 Å². The topological polar surface area (TPSA) is 73.2 Å². The van der Waals surface area contributed by atoms with Gasteiger partial charge in [-0.2, -0.15) is 5.26 Å². The number of nitriles is 1. The van der Waals surface area contributed by atoms with E-state index in [0.717, 1.165) is 5.56 Å². The lowest BCUT2D eigenvalue weighted by molar-refractivity contribution is -0.121. The highest BCUT2D eigenvalue weighted by Gasteiger charge is 2.13. The predicted octanol–water partition coefficient (Wildman–Crippen LogP) is 2.80. The number of halogens is 1. The lowest BCUT2D eigenvalue weighted by Crippen LogP contribution is -2.34. The van der Waals surface area contributed by atoms with Gasteiger partial charge < -0.3 is 10.2 Å². The van der Waals surface area contributed by atoms with Gasteiger partial charge in [-0.05, 0) is 42.3 Å². The van der Waals surface area contributed by atoms with Gasteiger partial charge in [0.2, 0.25) is 11.8 Å². The number of anilines is 1. The van der Waals surface area contributed by atoms with Gasteiger partial charge in [0.15, 0.2) is 0 Å². The van der Waals surface area contributed by atoms with Crippen LogP contribution in [0, 0.1) is 17.1 Å². The first kappa shape index (κ1) is 19.1. The van der Waals surface area contributed by atoms with E-state index in [9.17, 15) is 14.0 Å². The third kappa shape index (κ3) is 5.71. The van der Waals surface area contributed by atoms with E-state index in [-0.39, 0.29) is 30.6 Å². The van der Waals surface area contributed by atoms with Gasteiger partial charge in [0, 0.05) is 32.1 Å². The first-order valence-electron chi connectivity index (χ1n) is 8.29. The summed E-state index contributed by atoms with van der Waals surface area (Å²) in [6, 6.07) is 14.9. The van der Waals surface area contributed by atoms with Crippen molar-refractivity contribution in [1.29, 1.82) is 5.26 Å². The molecule has 5 nitrogen and oxygen atoms in total. The summed E-state index contributed by atoms with van der Waals surface area (Å²) < 4.78 is 12.8. The summed E-state index contributed by atoms with van der Waals surface area (Å²) in [4.78, 5) is 25.3. The fraction of sp³-hybridized carbons (Fsp3) is 0.250. The van der Waals surface area contributed by atoms with E-state index in [1.165, 1.54) is 24.0 Å². The van der Waals surface area contributed by atoms with Crippen LogP contribution in [0.5, 0.6) is 0 Å². The van der Waals surface area contributed by atoms with Crippen LogP contribution in [0.25, 0.3) is 0 Å². The monoisotopic (exact) mass is 353 g/mol.